The van der Waals surface area contributed by atoms with Crippen LogP contribution >= 0.6 is 0 Å². The summed E-state index contributed by atoms with van der Waals surface area (Å²) in [4.78, 5) is 2.41. The molecule has 4 aromatic carbocycles. The third kappa shape index (κ3) is 5.94. The first-order valence-corrected chi connectivity index (χ1v) is 16.7. The molecule has 2 heterocycles. The predicted octanol–water partition coefficient (Wildman–Crippen LogP) is 6.94. The van der Waals surface area contributed by atoms with Gasteiger partial charge in [0.2, 0.25) is 10.0 Å². The summed E-state index contributed by atoms with van der Waals surface area (Å²) in [6, 6.07) is 37.3. The van der Waals surface area contributed by atoms with Crippen LogP contribution in [0.1, 0.15) is 52.0 Å². The third-order valence-corrected chi connectivity index (χ3v) is 11.0. The molecule has 224 valence electrons. The highest BCUT2D eigenvalue weighted by Gasteiger charge is 2.37. The molecule has 1 unspecified atom stereocenters. The van der Waals surface area contributed by atoms with Gasteiger partial charge in [-0.05, 0) is 72.8 Å². The number of rotatable bonds is 10. The van der Waals surface area contributed by atoms with E-state index in [-0.39, 0.29) is 0 Å². The first-order valence-electron chi connectivity index (χ1n) is 15.2. The average molecular weight is 603 g/mol. The van der Waals surface area contributed by atoms with Crippen molar-refractivity contribution in [1.82, 2.24) is 13.8 Å². The number of nitriles is 1. The molecular weight excluding hydrogens is 565 g/mol. The fourth-order valence-electron chi connectivity index (χ4n) is 6.63. The van der Waals surface area contributed by atoms with Crippen LogP contribution in [0.2, 0.25) is 0 Å². The van der Waals surface area contributed by atoms with Crippen molar-refractivity contribution in [3.8, 4) is 6.07 Å². The van der Waals surface area contributed by atoms with Crippen LogP contribution in [-0.4, -0.2) is 48.9 Å². The Morgan fingerprint density at radius 1 is 0.886 bits per heavy atom. The van der Waals surface area contributed by atoms with Crippen LogP contribution in [0.4, 0.5) is 0 Å². The lowest BCUT2D eigenvalue weighted by molar-refractivity contribution is 0.309. The maximum absolute atomic E-state index is 14.3. The second kappa shape index (κ2) is 12.8. The quantitative estimate of drug-likeness (QED) is 0.174. The molecule has 1 aliphatic rings. The SMILES string of the molecule is CN1CCC[C@@H]1Cc1cn(Cc2ccccc2)c2ccc(C(C#N)S(=O)(=O)N(C)C(c3ccccc3)c3ccccc3)cc12. The summed E-state index contributed by atoms with van der Waals surface area (Å²) in [6.07, 6.45) is 5.42. The van der Waals surface area contributed by atoms with Gasteiger partial charge in [0.05, 0.1) is 12.1 Å². The molecule has 1 saturated heterocycles. The molecule has 5 aromatic rings. The van der Waals surface area contributed by atoms with Gasteiger partial charge >= 0.3 is 0 Å². The molecule has 0 radical (unpaired) electrons. The molecule has 0 saturated carbocycles. The van der Waals surface area contributed by atoms with E-state index in [1.54, 1.807) is 7.05 Å². The highest BCUT2D eigenvalue weighted by Crippen LogP contribution is 2.37. The minimum absolute atomic E-state index is 0.438. The fourth-order valence-corrected chi connectivity index (χ4v) is 8.12. The van der Waals surface area contributed by atoms with E-state index in [1.807, 2.05) is 97.1 Å². The Kier molecular flexibility index (Phi) is 8.67. The third-order valence-electron chi connectivity index (χ3n) is 9.02. The highest BCUT2D eigenvalue weighted by atomic mass is 32.2. The van der Waals surface area contributed by atoms with Gasteiger partial charge in [-0.3, -0.25) is 0 Å². The van der Waals surface area contributed by atoms with Crippen LogP contribution in [-0.2, 0) is 23.0 Å². The van der Waals surface area contributed by atoms with Gasteiger partial charge in [0.25, 0.3) is 0 Å². The van der Waals surface area contributed by atoms with Crippen molar-refractivity contribution in [2.45, 2.75) is 43.1 Å². The topological polar surface area (TPSA) is 69.3 Å². The first kappa shape index (κ1) is 29.8. The van der Waals surface area contributed by atoms with Crippen LogP contribution in [0.15, 0.2) is 115 Å². The molecule has 0 aliphatic carbocycles. The lowest BCUT2D eigenvalue weighted by Crippen LogP contribution is -2.35. The molecule has 0 spiro atoms. The molecule has 44 heavy (non-hydrogen) atoms. The number of benzene rings is 4. The van der Waals surface area contributed by atoms with E-state index in [2.05, 4.69) is 40.9 Å². The van der Waals surface area contributed by atoms with Crippen LogP contribution in [0, 0.1) is 11.3 Å². The molecule has 1 aromatic heterocycles. The van der Waals surface area contributed by atoms with Crippen LogP contribution in [0.3, 0.4) is 0 Å². The van der Waals surface area contributed by atoms with Gasteiger partial charge in [-0.2, -0.15) is 9.57 Å². The maximum Gasteiger partial charge on any atom is 0.235 e. The van der Waals surface area contributed by atoms with Crippen molar-refractivity contribution >= 4 is 20.9 Å². The summed E-state index contributed by atoms with van der Waals surface area (Å²) in [5, 5.41) is 10.1. The van der Waals surface area contributed by atoms with Crippen molar-refractivity contribution in [3.63, 3.8) is 0 Å². The molecule has 1 aliphatic heterocycles. The average Bonchev–Trinajstić information content (AvgIpc) is 3.61. The predicted molar refractivity (Wildman–Crippen MR) is 177 cm³/mol. The molecule has 1 fully saturated rings. The smallest absolute Gasteiger partial charge is 0.235 e. The van der Waals surface area contributed by atoms with Crippen molar-refractivity contribution in [1.29, 1.82) is 5.26 Å². The molecule has 0 amide bonds. The Hall–Kier alpha value is -4.22. The first-order chi connectivity index (χ1) is 21.4. The number of likely N-dealkylation sites (N-methyl/N-ethyl adjacent to an activating group) is 1. The summed E-state index contributed by atoms with van der Waals surface area (Å²) in [5.74, 6) is 0. The largest absolute Gasteiger partial charge is 0.343 e. The minimum Gasteiger partial charge on any atom is -0.343 e. The summed E-state index contributed by atoms with van der Waals surface area (Å²) < 4.78 is 32.3. The molecule has 0 N–H and O–H groups in total. The molecule has 7 heteroatoms. The van der Waals surface area contributed by atoms with Gasteiger partial charge in [0.15, 0.2) is 5.25 Å². The van der Waals surface area contributed by atoms with E-state index in [1.165, 1.54) is 21.9 Å². The zero-order valence-electron chi connectivity index (χ0n) is 25.3. The summed E-state index contributed by atoms with van der Waals surface area (Å²) in [5.41, 5.74) is 5.61. The normalized spacial score (nSPS) is 16.5. The standard InChI is InChI=1S/C37H38N4O2S/c1-39-22-12-19-33(39)23-32-27-41(26-28-13-6-3-7-14-28)35-21-20-31(24-34(32)35)36(25-38)44(42,43)40(2)37(29-15-8-4-9-16-29)30-17-10-5-11-18-30/h3-11,13-18,20-21,24,27,33,36-37H,12,19,22-23,26H2,1-2H3/t33-,36?/m1/s1. The number of aromatic nitrogens is 1. The van der Waals surface area contributed by atoms with Crippen molar-refractivity contribution in [2.75, 3.05) is 20.6 Å². The number of nitrogens with zero attached hydrogens (tertiary/aromatic N) is 4. The van der Waals surface area contributed by atoms with Gasteiger partial charge < -0.3 is 9.47 Å². The van der Waals surface area contributed by atoms with E-state index in [4.69, 9.17) is 0 Å². The summed E-state index contributed by atoms with van der Waals surface area (Å²) in [7, 11) is -0.336. The monoisotopic (exact) mass is 602 g/mol. The second-order valence-electron chi connectivity index (χ2n) is 11.8. The number of fused-ring (bicyclic) bond motifs is 1. The highest BCUT2D eigenvalue weighted by molar-refractivity contribution is 7.89. The van der Waals surface area contributed by atoms with Crippen LogP contribution < -0.4 is 0 Å². The lowest BCUT2D eigenvalue weighted by Gasteiger charge is -2.30. The van der Waals surface area contributed by atoms with Crippen molar-refractivity contribution < 1.29 is 8.42 Å². The van der Waals surface area contributed by atoms with Gasteiger partial charge in [-0.15, -0.1) is 0 Å². The van der Waals surface area contributed by atoms with Gasteiger partial charge in [-0.1, -0.05) is 97.1 Å². The molecule has 6 nitrogen and oxygen atoms in total. The number of likely N-dealkylation sites (tertiary alicyclic amines) is 1. The lowest BCUT2D eigenvalue weighted by atomic mass is 9.99. The number of hydrogen-bond donors (Lipinski definition) is 0. The van der Waals surface area contributed by atoms with E-state index in [0.29, 0.717) is 11.6 Å². The van der Waals surface area contributed by atoms with Crippen LogP contribution in [0.25, 0.3) is 10.9 Å². The van der Waals surface area contributed by atoms with Gasteiger partial charge in [-0.25, -0.2) is 8.42 Å². The van der Waals surface area contributed by atoms with Crippen molar-refractivity contribution in [2.24, 2.45) is 0 Å². The van der Waals surface area contributed by atoms with Crippen molar-refractivity contribution in [3.05, 3.63) is 143 Å². The number of sulfonamides is 1. The Bertz CT molecular complexity index is 1830. The minimum atomic E-state index is -4.10. The van der Waals surface area contributed by atoms with Crippen LogP contribution in [0.5, 0.6) is 0 Å². The fraction of sp³-hybridized carbons (Fsp3) is 0.270. The second-order valence-corrected chi connectivity index (χ2v) is 13.9. The Balaban J connectivity index is 1.40. The van der Waals surface area contributed by atoms with Gasteiger partial charge in [0.1, 0.15) is 0 Å². The Morgan fingerprint density at radius 3 is 2.07 bits per heavy atom. The zero-order valence-corrected chi connectivity index (χ0v) is 26.1. The molecular formula is C37H38N4O2S. The number of hydrogen-bond acceptors (Lipinski definition) is 4. The molecule has 0 bridgehead atoms. The summed E-state index contributed by atoms with van der Waals surface area (Å²) in [6.45, 7) is 1.80. The summed E-state index contributed by atoms with van der Waals surface area (Å²) >= 11 is 0. The maximum atomic E-state index is 14.3. The van der Waals surface area contributed by atoms with E-state index >= 15 is 0 Å². The molecule has 6 rings (SSSR count). The van der Waals surface area contributed by atoms with E-state index < -0.39 is 21.3 Å². The van der Waals surface area contributed by atoms with E-state index in [9.17, 15) is 13.7 Å². The Morgan fingerprint density at radius 2 is 1.50 bits per heavy atom. The molecule has 2 atom stereocenters. The Labute approximate surface area is 260 Å². The zero-order chi connectivity index (χ0) is 30.7. The van der Waals surface area contributed by atoms with E-state index in [0.717, 1.165) is 48.0 Å². The van der Waals surface area contributed by atoms with Gasteiger partial charge in [0, 0.05) is 36.7 Å².